The lowest BCUT2D eigenvalue weighted by Crippen LogP contribution is -2.17. The molecular formula is C14H22N2O. The van der Waals surface area contributed by atoms with Crippen molar-refractivity contribution in [1.29, 1.82) is 0 Å². The standard InChI is InChI=1S/C14H22N2O/c1-3-4-5-6-10-16-13-9-7-8-12(11-13)14(17)15-2/h7-9,11,16H,3-6,10H2,1-2H3,(H,15,17). The van der Waals surface area contributed by atoms with Crippen molar-refractivity contribution >= 4 is 11.6 Å². The van der Waals surface area contributed by atoms with Gasteiger partial charge >= 0.3 is 0 Å². The van der Waals surface area contributed by atoms with Gasteiger partial charge in [0.05, 0.1) is 0 Å². The average molecular weight is 234 g/mol. The Kier molecular flexibility index (Phi) is 6.15. The van der Waals surface area contributed by atoms with E-state index >= 15 is 0 Å². The van der Waals surface area contributed by atoms with Crippen LogP contribution in [-0.2, 0) is 0 Å². The molecule has 0 saturated carbocycles. The molecule has 17 heavy (non-hydrogen) atoms. The Hall–Kier alpha value is -1.51. The van der Waals surface area contributed by atoms with Crippen LogP contribution < -0.4 is 10.6 Å². The molecule has 0 fully saturated rings. The Balaban J connectivity index is 2.40. The van der Waals surface area contributed by atoms with Crippen LogP contribution in [0, 0.1) is 0 Å². The zero-order valence-electron chi connectivity index (χ0n) is 10.8. The average Bonchev–Trinajstić information content (AvgIpc) is 2.38. The van der Waals surface area contributed by atoms with Crippen molar-refractivity contribution in [3.8, 4) is 0 Å². The topological polar surface area (TPSA) is 41.1 Å². The summed E-state index contributed by atoms with van der Waals surface area (Å²) in [5.74, 6) is -0.0420. The predicted octanol–water partition coefficient (Wildman–Crippen LogP) is 3.04. The third-order valence-corrected chi connectivity index (χ3v) is 2.71. The van der Waals surface area contributed by atoms with Gasteiger partial charge in [-0.25, -0.2) is 0 Å². The van der Waals surface area contributed by atoms with Gasteiger partial charge in [-0.2, -0.15) is 0 Å². The highest BCUT2D eigenvalue weighted by Gasteiger charge is 2.02. The van der Waals surface area contributed by atoms with Gasteiger partial charge in [-0.15, -0.1) is 0 Å². The van der Waals surface area contributed by atoms with Crippen molar-refractivity contribution < 1.29 is 4.79 Å². The first-order valence-electron chi connectivity index (χ1n) is 6.34. The molecule has 0 heterocycles. The lowest BCUT2D eigenvalue weighted by Gasteiger charge is -2.07. The summed E-state index contributed by atoms with van der Waals surface area (Å²) in [6.45, 7) is 3.18. The Bertz CT molecular complexity index is 350. The van der Waals surface area contributed by atoms with Crippen molar-refractivity contribution in [3.63, 3.8) is 0 Å². The van der Waals surface area contributed by atoms with E-state index in [0.717, 1.165) is 12.2 Å². The molecule has 1 amide bonds. The number of carbonyl (C=O) groups is 1. The molecule has 94 valence electrons. The van der Waals surface area contributed by atoms with Gasteiger partial charge in [0.15, 0.2) is 0 Å². The second-order valence-electron chi connectivity index (χ2n) is 4.15. The smallest absolute Gasteiger partial charge is 0.251 e. The van der Waals surface area contributed by atoms with E-state index in [4.69, 9.17) is 0 Å². The Morgan fingerprint density at radius 1 is 1.24 bits per heavy atom. The van der Waals surface area contributed by atoms with Gasteiger partial charge < -0.3 is 10.6 Å². The first kappa shape index (κ1) is 13.6. The molecule has 0 aromatic heterocycles. The molecule has 0 bridgehead atoms. The highest BCUT2D eigenvalue weighted by Crippen LogP contribution is 2.11. The zero-order valence-corrected chi connectivity index (χ0v) is 10.8. The number of amides is 1. The van der Waals surface area contributed by atoms with Gasteiger partial charge in [-0.05, 0) is 24.6 Å². The highest BCUT2D eigenvalue weighted by molar-refractivity contribution is 5.94. The summed E-state index contributed by atoms with van der Waals surface area (Å²) < 4.78 is 0. The van der Waals surface area contributed by atoms with Crippen molar-refractivity contribution in [3.05, 3.63) is 29.8 Å². The molecule has 0 saturated heterocycles. The van der Waals surface area contributed by atoms with Crippen molar-refractivity contribution in [1.82, 2.24) is 5.32 Å². The van der Waals surface area contributed by atoms with Gasteiger partial charge in [0.1, 0.15) is 0 Å². The van der Waals surface area contributed by atoms with Crippen molar-refractivity contribution in [2.24, 2.45) is 0 Å². The molecule has 0 spiro atoms. The van der Waals surface area contributed by atoms with Crippen LogP contribution in [0.4, 0.5) is 5.69 Å². The number of hydrogen-bond donors (Lipinski definition) is 2. The summed E-state index contributed by atoms with van der Waals surface area (Å²) in [7, 11) is 1.65. The minimum absolute atomic E-state index is 0.0420. The van der Waals surface area contributed by atoms with E-state index in [9.17, 15) is 4.79 Å². The number of hydrogen-bond acceptors (Lipinski definition) is 2. The summed E-state index contributed by atoms with van der Waals surface area (Å²) in [5.41, 5.74) is 1.72. The van der Waals surface area contributed by atoms with Gasteiger partial charge in [0, 0.05) is 24.8 Å². The van der Waals surface area contributed by atoms with Crippen LogP contribution in [0.1, 0.15) is 43.0 Å². The molecule has 0 radical (unpaired) electrons. The summed E-state index contributed by atoms with van der Waals surface area (Å²) in [5, 5.41) is 5.97. The molecule has 0 aliphatic heterocycles. The molecule has 1 aromatic rings. The fraction of sp³-hybridized carbons (Fsp3) is 0.500. The van der Waals surface area contributed by atoms with Gasteiger partial charge in [0.2, 0.25) is 0 Å². The van der Waals surface area contributed by atoms with E-state index in [1.165, 1.54) is 25.7 Å². The molecule has 1 aromatic carbocycles. The molecular weight excluding hydrogens is 212 g/mol. The Morgan fingerprint density at radius 3 is 2.76 bits per heavy atom. The molecule has 3 nitrogen and oxygen atoms in total. The van der Waals surface area contributed by atoms with E-state index in [2.05, 4.69) is 17.6 Å². The predicted molar refractivity (Wildman–Crippen MR) is 72.5 cm³/mol. The van der Waals surface area contributed by atoms with Crippen LogP contribution >= 0.6 is 0 Å². The molecule has 2 N–H and O–H groups in total. The van der Waals surface area contributed by atoms with Crippen molar-refractivity contribution in [2.45, 2.75) is 32.6 Å². The van der Waals surface area contributed by atoms with Gasteiger partial charge in [-0.3, -0.25) is 4.79 Å². The SMILES string of the molecule is CCCCCCNc1cccc(C(=O)NC)c1. The molecule has 1 rings (SSSR count). The number of rotatable bonds is 7. The lowest BCUT2D eigenvalue weighted by atomic mass is 10.1. The van der Waals surface area contributed by atoms with Crippen molar-refractivity contribution in [2.75, 3.05) is 18.9 Å². The van der Waals surface area contributed by atoms with Crippen LogP contribution in [0.3, 0.4) is 0 Å². The first-order valence-corrected chi connectivity index (χ1v) is 6.34. The zero-order chi connectivity index (χ0) is 12.5. The molecule has 0 aliphatic carbocycles. The number of unbranched alkanes of at least 4 members (excludes halogenated alkanes) is 3. The number of nitrogens with one attached hydrogen (secondary N) is 2. The van der Waals surface area contributed by atoms with Crippen LogP contribution in [0.5, 0.6) is 0 Å². The van der Waals surface area contributed by atoms with E-state index in [-0.39, 0.29) is 5.91 Å². The third kappa shape index (κ3) is 4.89. The number of carbonyl (C=O) groups excluding carboxylic acids is 1. The quantitative estimate of drug-likeness (QED) is 0.712. The monoisotopic (exact) mass is 234 g/mol. The van der Waals surface area contributed by atoms with Crippen LogP contribution in [0.25, 0.3) is 0 Å². The maximum Gasteiger partial charge on any atom is 0.251 e. The fourth-order valence-electron chi connectivity index (χ4n) is 1.70. The van der Waals surface area contributed by atoms with Gasteiger partial charge in [-0.1, -0.05) is 32.3 Å². The largest absolute Gasteiger partial charge is 0.385 e. The normalized spacial score (nSPS) is 10.0. The van der Waals surface area contributed by atoms with E-state index in [1.807, 2.05) is 24.3 Å². The lowest BCUT2D eigenvalue weighted by molar-refractivity contribution is 0.0963. The summed E-state index contributed by atoms with van der Waals surface area (Å²) in [4.78, 5) is 11.4. The maximum atomic E-state index is 11.4. The number of anilines is 1. The van der Waals surface area contributed by atoms with Crippen LogP contribution in [0.15, 0.2) is 24.3 Å². The van der Waals surface area contributed by atoms with Crippen LogP contribution in [-0.4, -0.2) is 19.5 Å². The second kappa shape index (κ2) is 7.71. The molecule has 0 atom stereocenters. The van der Waals surface area contributed by atoms with E-state index < -0.39 is 0 Å². The second-order valence-corrected chi connectivity index (χ2v) is 4.15. The number of benzene rings is 1. The minimum Gasteiger partial charge on any atom is -0.385 e. The van der Waals surface area contributed by atoms with Gasteiger partial charge in [0.25, 0.3) is 5.91 Å². The minimum atomic E-state index is -0.0420. The summed E-state index contributed by atoms with van der Waals surface area (Å²) >= 11 is 0. The summed E-state index contributed by atoms with van der Waals surface area (Å²) in [6, 6.07) is 7.60. The molecule has 0 unspecified atom stereocenters. The van der Waals surface area contributed by atoms with E-state index in [0.29, 0.717) is 5.56 Å². The fourth-order valence-corrected chi connectivity index (χ4v) is 1.70. The van der Waals surface area contributed by atoms with E-state index in [1.54, 1.807) is 7.05 Å². The molecule has 3 heteroatoms. The first-order chi connectivity index (χ1) is 8.27. The Labute approximate surface area is 104 Å². The summed E-state index contributed by atoms with van der Waals surface area (Å²) in [6.07, 6.45) is 4.99. The molecule has 0 aliphatic rings. The Morgan fingerprint density at radius 2 is 2.06 bits per heavy atom. The van der Waals surface area contributed by atoms with Crippen LogP contribution in [0.2, 0.25) is 0 Å². The maximum absolute atomic E-state index is 11.4. The third-order valence-electron chi connectivity index (χ3n) is 2.71. The highest BCUT2D eigenvalue weighted by atomic mass is 16.1.